The minimum absolute atomic E-state index is 0.0932. The van der Waals surface area contributed by atoms with Crippen molar-refractivity contribution in [1.29, 1.82) is 0 Å². The van der Waals surface area contributed by atoms with Crippen LogP contribution in [0.25, 0.3) is 0 Å². The highest BCUT2D eigenvalue weighted by Crippen LogP contribution is 2.28. The van der Waals surface area contributed by atoms with Crippen molar-refractivity contribution < 1.29 is 14.3 Å². The van der Waals surface area contributed by atoms with Crippen LogP contribution in [0.3, 0.4) is 0 Å². The fourth-order valence-corrected chi connectivity index (χ4v) is 4.87. The minimum Gasteiger partial charge on any atom is -0.447 e. The third-order valence-corrected chi connectivity index (χ3v) is 6.44. The Balaban J connectivity index is 1.58. The number of hydrogen-bond acceptors (Lipinski definition) is 4. The second-order valence-corrected chi connectivity index (χ2v) is 8.87. The first-order valence-electron chi connectivity index (χ1n) is 8.60. The van der Waals surface area contributed by atoms with Gasteiger partial charge in [0, 0.05) is 19.1 Å². The molecule has 0 spiro atoms. The number of piperidine rings is 1. The molecule has 0 saturated carbocycles. The molecule has 7 heteroatoms. The number of unbranched alkanes of at least 4 members (excludes halogenated alkanes) is 1. The monoisotopic (exact) mass is 414 g/mol. The topological polar surface area (TPSA) is 49.9 Å². The summed E-state index contributed by atoms with van der Waals surface area (Å²) in [5.41, 5.74) is 0. The molecular formula is C17H23BrN2O3S. The van der Waals surface area contributed by atoms with E-state index in [1.165, 1.54) is 11.3 Å². The van der Waals surface area contributed by atoms with Crippen LogP contribution < -0.4 is 0 Å². The van der Waals surface area contributed by atoms with E-state index >= 15 is 0 Å². The maximum Gasteiger partial charge on any atom is 0.410 e. The van der Waals surface area contributed by atoms with Gasteiger partial charge in [-0.05, 0) is 47.3 Å². The van der Waals surface area contributed by atoms with Gasteiger partial charge in [-0.15, -0.1) is 11.3 Å². The minimum atomic E-state index is -0.178. The zero-order chi connectivity index (χ0) is 17.1. The fraction of sp³-hybridized carbons (Fsp3) is 0.647. The average molecular weight is 415 g/mol. The van der Waals surface area contributed by atoms with Crippen LogP contribution in [-0.2, 0) is 4.74 Å². The molecule has 0 N–H and O–H groups in total. The first-order valence-corrected chi connectivity index (χ1v) is 10.2. The van der Waals surface area contributed by atoms with E-state index in [4.69, 9.17) is 4.74 Å². The smallest absolute Gasteiger partial charge is 0.410 e. The SMILES string of the molecule is CCCCC1COC(=O)N1C1CCN(C(=O)c2ccc(Br)s2)CC1. The molecule has 2 aliphatic heterocycles. The lowest BCUT2D eigenvalue weighted by atomic mass is 10.00. The van der Waals surface area contributed by atoms with Gasteiger partial charge in [0.25, 0.3) is 5.91 Å². The Morgan fingerprint density at radius 3 is 2.75 bits per heavy atom. The van der Waals surface area contributed by atoms with Crippen LogP contribution in [0.4, 0.5) is 4.79 Å². The predicted octanol–water partition coefficient (Wildman–Crippen LogP) is 4.13. The Kier molecular flexibility index (Phi) is 5.81. The van der Waals surface area contributed by atoms with Gasteiger partial charge in [0.1, 0.15) is 6.61 Å². The van der Waals surface area contributed by atoms with Gasteiger partial charge in [-0.25, -0.2) is 4.79 Å². The highest BCUT2D eigenvalue weighted by atomic mass is 79.9. The van der Waals surface area contributed by atoms with Crippen molar-refractivity contribution in [2.24, 2.45) is 0 Å². The molecule has 1 unspecified atom stereocenters. The zero-order valence-electron chi connectivity index (χ0n) is 13.9. The average Bonchev–Trinajstić information content (AvgIpc) is 3.18. The zero-order valence-corrected chi connectivity index (χ0v) is 16.3. The van der Waals surface area contributed by atoms with Crippen LogP contribution in [-0.4, -0.2) is 53.6 Å². The van der Waals surface area contributed by atoms with Gasteiger partial charge in [-0.3, -0.25) is 9.69 Å². The Morgan fingerprint density at radius 2 is 2.12 bits per heavy atom. The van der Waals surface area contributed by atoms with E-state index in [-0.39, 0.29) is 24.1 Å². The molecule has 2 fully saturated rings. The number of rotatable bonds is 5. The maximum atomic E-state index is 12.5. The summed E-state index contributed by atoms with van der Waals surface area (Å²) < 4.78 is 6.25. The maximum absolute atomic E-state index is 12.5. The van der Waals surface area contributed by atoms with Crippen LogP contribution in [0.2, 0.25) is 0 Å². The molecule has 0 aliphatic carbocycles. The lowest BCUT2D eigenvalue weighted by molar-refractivity contribution is 0.0638. The molecule has 2 amide bonds. The predicted molar refractivity (Wildman–Crippen MR) is 97.4 cm³/mol. The number of halogens is 1. The van der Waals surface area contributed by atoms with Gasteiger partial charge in [-0.2, -0.15) is 0 Å². The standard InChI is InChI=1S/C17H23BrN2O3S/c1-2-3-4-13-11-23-17(22)20(13)12-7-9-19(10-8-12)16(21)14-5-6-15(18)24-14/h5-6,12-13H,2-4,7-11H2,1H3. The summed E-state index contributed by atoms with van der Waals surface area (Å²) in [4.78, 5) is 29.2. The number of cyclic esters (lactones) is 1. The Labute approximate surface area is 155 Å². The highest BCUT2D eigenvalue weighted by Gasteiger charge is 2.39. The van der Waals surface area contributed by atoms with E-state index < -0.39 is 0 Å². The number of likely N-dealkylation sites (tertiary alicyclic amines) is 1. The van der Waals surface area contributed by atoms with Crippen molar-refractivity contribution in [3.63, 3.8) is 0 Å². The number of ether oxygens (including phenoxy) is 1. The molecule has 5 nitrogen and oxygen atoms in total. The summed E-state index contributed by atoms with van der Waals surface area (Å²) in [5.74, 6) is 0.0932. The molecule has 0 aromatic carbocycles. The van der Waals surface area contributed by atoms with E-state index in [1.807, 2.05) is 21.9 Å². The van der Waals surface area contributed by atoms with Gasteiger partial charge in [0.2, 0.25) is 0 Å². The lowest BCUT2D eigenvalue weighted by Gasteiger charge is -2.37. The van der Waals surface area contributed by atoms with E-state index in [0.29, 0.717) is 19.7 Å². The van der Waals surface area contributed by atoms with E-state index in [2.05, 4.69) is 22.9 Å². The quantitative estimate of drug-likeness (QED) is 0.727. The van der Waals surface area contributed by atoms with Crippen molar-refractivity contribution in [2.45, 2.75) is 51.1 Å². The van der Waals surface area contributed by atoms with Crippen molar-refractivity contribution in [1.82, 2.24) is 9.80 Å². The molecule has 3 rings (SSSR count). The first-order chi connectivity index (χ1) is 11.6. The van der Waals surface area contributed by atoms with Crippen LogP contribution in [0.5, 0.6) is 0 Å². The van der Waals surface area contributed by atoms with E-state index in [1.54, 1.807) is 0 Å². The van der Waals surface area contributed by atoms with Crippen molar-refractivity contribution in [3.05, 3.63) is 20.8 Å². The van der Waals surface area contributed by atoms with Gasteiger partial charge in [0.15, 0.2) is 0 Å². The fourth-order valence-electron chi connectivity index (χ4n) is 3.51. The molecule has 0 radical (unpaired) electrons. The summed E-state index contributed by atoms with van der Waals surface area (Å²) in [6, 6.07) is 4.17. The number of amides is 2. The molecule has 2 aliphatic rings. The number of hydrogen-bond donors (Lipinski definition) is 0. The summed E-state index contributed by atoms with van der Waals surface area (Å²) in [6.07, 6.45) is 4.73. The van der Waals surface area contributed by atoms with Gasteiger partial charge >= 0.3 is 6.09 Å². The summed E-state index contributed by atoms with van der Waals surface area (Å²) in [5, 5.41) is 0. The van der Waals surface area contributed by atoms with E-state index in [0.717, 1.165) is 40.8 Å². The first kappa shape index (κ1) is 17.7. The largest absolute Gasteiger partial charge is 0.447 e. The van der Waals surface area contributed by atoms with Gasteiger partial charge in [0.05, 0.1) is 14.7 Å². The van der Waals surface area contributed by atoms with Crippen molar-refractivity contribution >= 4 is 39.3 Å². The van der Waals surface area contributed by atoms with Crippen molar-refractivity contribution in [3.8, 4) is 0 Å². The Hall–Kier alpha value is -1.08. The number of carbonyl (C=O) groups excluding carboxylic acids is 2. The van der Waals surface area contributed by atoms with E-state index in [9.17, 15) is 9.59 Å². The molecule has 1 aromatic rings. The lowest BCUT2D eigenvalue weighted by Crippen LogP contribution is -2.49. The molecule has 24 heavy (non-hydrogen) atoms. The molecular weight excluding hydrogens is 392 g/mol. The summed E-state index contributed by atoms with van der Waals surface area (Å²) in [7, 11) is 0. The summed E-state index contributed by atoms with van der Waals surface area (Å²) in [6.45, 7) is 4.07. The number of carbonyl (C=O) groups is 2. The normalized spacial score (nSPS) is 22.1. The van der Waals surface area contributed by atoms with Crippen LogP contribution in [0, 0.1) is 0 Å². The van der Waals surface area contributed by atoms with Crippen LogP contribution in [0.15, 0.2) is 15.9 Å². The molecule has 132 valence electrons. The van der Waals surface area contributed by atoms with Gasteiger partial charge < -0.3 is 9.64 Å². The molecule has 3 heterocycles. The molecule has 2 saturated heterocycles. The van der Waals surface area contributed by atoms with Crippen LogP contribution in [0.1, 0.15) is 48.7 Å². The Morgan fingerprint density at radius 1 is 1.38 bits per heavy atom. The highest BCUT2D eigenvalue weighted by molar-refractivity contribution is 9.11. The Bertz CT molecular complexity index is 598. The number of nitrogens with zero attached hydrogens (tertiary/aromatic N) is 2. The molecule has 1 atom stereocenters. The number of thiophene rings is 1. The second kappa shape index (κ2) is 7.87. The summed E-state index contributed by atoms with van der Waals surface area (Å²) >= 11 is 4.87. The molecule has 0 bridgehead atoms. The third kappa shape index (κ3) is 3.77. The van der Waals surface area contributed by atoms with Crippen molar-refractivity contribution in [2.75, 3.05) is 19.7 Å². The molecule has 1 aromatic heterocycles. The van der Waals surface area contributed by atoms with Crippen LogP contribution >= 0.6 is 27.3 Å². The third-order valence-electron chi connectivity index (χ3n) is 4.82. The van der Waals surface area contributed by atoms with Gasteiger partial charge in [-0.1, -0.05) is 19.8 Å². The second-order valence-electron chi connectivity index (χ2n) is 6.41.